The standard InChI is InChI=1S/C15H21N3O5S/c19-14(17-5-1-2-6-17)13-8-12(9-16-13)24(22,23)18-7-3-4-11(10-18)15(20)21/h8-9,11,16H,1-7,10H2,(H,20,21)/t11-/m1/s1. The first-order valence-electron chi connectivity index (χ1n) is 8.10. The minimum absolute atomic E-state index is 0.0103. The Morgan fingerprint density at radius 2 is 1.88 bits per heavy atom. The fraction of sp³-hybridized carbons (Fsp3) is 0.600. The van der Waals surface area contributed by atoms with Gasteiger partial charge < -0.3 is 15.0 Å². The summed E-state index contributed by atoms with van der Waals surface area (Å²) in [7, 11) is -3.80. The maximum absolute atomic E-state index is 12.7. The lowest BCUT2D eigenvalue weighted by atomic mass is 10.0. The van der Waals surface area contributed by atoms with Crippen LogP contribution in [-0.2, 0) is 14.8 Å². The van der Waals surface area contributed by atoms with Crippen LogP contribution in [0.3, 0.4) is 0 Å². The number of hydrogen-bond donors (Lipinski definition) is 2. The molecule has 1 amide bonds. The van der Waals surface area contributed by atoms with Crippen LogP contribution in [-0.4, -0.2) is 65.8 Å². The summed E-state index contributed by atoms with van der Waals surface area (Å²) in [4.78, 5) is 27.9. The van der Waals surface area contributed by atoms with Crippen LogP contribution in [0.4, 0.5) is 0 Å². The van der Waals surface area contributed by atoms with Crippen molar-refractivity contribution in [3.05, 3.63) is 18.0 Å². The number of hydrogen-bond acceptors (Lipinski definition) is 4. The van der Waals surface area contributed by atoms with E-state index in [1.807, 2.05) is 0 Å². The molecule has 3 rings (SSSR count). The van der Waals surface area contributed by atoms with Gasteiger partial charge in [0, 0.05) is 32.4 Å². The number of aromatic amines is 1. The Morgan fingerprint density at radius 3 is 2.54 bits per heavy atom. The topological polar surface area (TPSA) is 111 Å². The Bertz CT molecular complexity index is 736. The largest absolute Gasteiger partial charge is 0.481 e. The van der Waals surface area contributed by atoms with Crippen LogP contribution in [0.15, 0.2) is 17.2 Å². The third kappa shape index (κ3) is 3.18. The molecule has 0 aliphatic carbocycles. The van der Waals surface area contributed by atoms with Crippen LogP contribution in [0.25, 0.3) is 0 Å². The number of nitrogens with one attached hydrogen (secondary N) is 1. The van der Waals surface area contributed by atoms with E-state index < -0.39 is 21.9 Å². The molecule has 1 aromatic heterocycles. The molecule has 3 heterocycles. The first-order chi connectivity index (χ1) is 11.4. The predicted octanol–water partition coefficient (Wildman–Crippen LogP) is 0.736. The van der Waals surface area contributed by atoms with Crippen molar-refractivity contribution in [2.45, 2.75) is 30.6 Å². The van der Waals surface area contributed by atoms with Gasteiger partial charge in [0.05, 0.1) is 5.92 Å². The average molecular weight is 355 g/mol. The summed E-state index contributed by atoms with van der Waals surface area (Å²) in [6.07, 6.45) is 4.22. The molecule has 2 N–H and O–H groups in total. The van der Waals surface area contributed by atoms with E-state index in [1.165, 1.54) is 16.6 Å². The minimum atomic E-state index is -3.80. The molecule has 2 aliphatic rings. The Balaban J connectivity index is 1.77. The molecule has 0 aromatic carbocycles. The maximum Gasteiger partial charge on any atom is 0.307 e. The van der Waals surface area contributed by atoms with Gasteiger partial charge in [0.25, 0.3) is 5.91 Å². The fourth-order valence-corrected chi connectivity index (χ4v) is 4.77. The van der Waals surface area contributed by atoms with E-state index in [-0.39, 0.29) is 23.0 Å². The van der Waals surface area contributed by atoms with E-state index in [4.69, 9.17) is 5.11 Å². The van der Waals surface area contributed by atoms with E-state index in [0.717, 1.165) is 12.8 Å². The van der Waals surface area contributed by atoms with Crippen molar-refractivity contribution >= 4 is 21.9 Å². The van der Waals surface area contributed by atoms with Gasteiger partial charge in [-0.1, -0.05) is 0 Å². The fourth-order valence-electron chi connectivity index (χ4n) is 3.25. The van der Waals surface area contributed by atoms with Gasteiger partial charge >= 0.3 is 5.97 Å². The van der Waals surface area contributed by atoms with Gasteiger partial charge in [-0.15, -0.1) is 0 Å². The molecule has 24 heavy (non-hydrogen) atoms. The highest BCUT2D eigenvalue weighted by molar-refractivity contribution is 7.89. The van der Waals surface area contributed by atoms with Crippen LogP contribution < -0.4 is 0 Å². The quantitative estimate of drug-likeness (QED) is 0.827. The molecular weight excluding hydrogens is 334 g/mol. The van der Waals surface area contributed by atoms with Crippen molar-refractivity contribution in [3.63, 3.8) is 0 Å². The lowest BCUT2D eigenvalue weighted by molar-refractivity contribution is -0.142. The Kier molecular flexibility index (Phi) is 4.64. The highest BCUT2D eigenvalue weighted by Gasteiger charge is 2.34. The highest BCUT2D eigenvalue weighted by atomic mass is 32.2. The van der Waals surface area contributed by atoms with Crippen LogP contribution in [0.2, 0.25) is 0 Å². The number of carbonyl (C=O) groups is 2. The molecule has 1 aromatic rings. The van der Waals surface area contributed by atoms with Gasteiger partial charge in [-0.05, 0) is 31.7 Å². The van der Waals surface area contributed by atoms with E-state index in [1.54, 1.807) is 4.90 Å². The number of amides is 1. The Morgan fingerprint density at radius 1 is 1.17 bits per heavy atom. The Labute approximate surface area is 140 Å². The number of carboxylic acids is 1. The first-order valence-corrected chi connectivity index (χ1v) is 9.54. The number of carboxylic acid groups (broad SMARTS) is 1. The summed E-state index contributed by atoms with van der Waals surface area (Å²) in [5, 5.41) is 9.11. The zero-order chi connectivity index (χ0) is 17.3. The summed E-state index contributed by atoms with van der Waals surface area (Å²) >= 11 is 0. The first kappa shape index (κ1) is 17.0. The number of sulfonamides is 1. The number of carbonyl (C=O) groups excluding carboxylic acids is 1. The second-order valence-electron chi connectivity index (χ2n) is 6.29. The van der Waals surface area contributed by atoms with E-state index in [9.17, 15) is 18.0 Å². The highest BCUT2D eigenvalue weighted by Crippen LogP contribution is 2.25. The van der Waals surface area contributed by atoms with Crippen molar-refractivity contribution in [3.8, 4) is 0 Å². The van der Waals surface area contributed by atoms with Gasteiger partial charge in [0.1, 0.15) is 10.6 Å². The molecule has 0 spiro atoms. The van der Waals surface area contributed by atoms with Crippen LogP contribution in [0.5, 0.6) is 0 Å². The number of rotatable bonds is 4. The molecule has 0 saturated carbocycles. The second-order valence-corrected chi connectivity index (χ2v) is 8.23. The van der Waals surface area contributed by atoms with Crippen molar-refractivity contribution in [2.75, 3.05) is 26.2 Å². The summed E-state index contributed by atoms with van der Waals surface area (Å²) in [6, 6.07) is 1.35. The predicted molar refractivity (Wildman–Crippen MR) is 85.0 cm³/mol. The smallest absolute Gasteiger partial charge is 0.307 e. The molecular formula is C15H21N3O5S. The second kappa shape index (κ2) is 6.56. The molecule has 0 unspecified atom stereocenters. The van der Waals surface area contributed by atoms with E-state index in [2.05, 4.69) is 4.98 Å². The Hall–Kier alpha value is -1.87. The van der Waals surface area contributed by atoms with Crippen LogP contribution >= 0.6 is 0 Å². The molecule has 9 heteroatoms. The van der Waals surface area contributed by atoms with Crippen LogP contribution in [0, 0.1) is 5.92 Å². The number of aliphatic carboxylic acids is 1. The number of likely N-dealkylation sites (tertiary alicyclic amines) is 1. The summed E-state index contributed by atoms with van der Waals surface area (Å²) < 4.78 is 26.6. The van der Waals surface area contributed by atoms with Gasteiger partial charge in [-0.3, -0.25) is 9.59 Å². The number of nitrogens with zero attached hydrogens (tertiary/aromatic N) is 2. The zero-order valence-electron chi connectivity index (χ0n) is 13.3. The van der Waals surface area contributed by atoms with Gasteiger partial charge in [-0.25, -0.2) is 8.42 Å². The molecule has 8 nitrogen and oxygen atoms in total. The van der Waals surface area contributed by atoms with E-state index >= 15 is 0 Å². The SMILES string of the molecule is O=C(O)[C@@H]1CCCN(S(=O)(=O)c2c[nH]c(C(=O)N3CCCC3)c2)C1. The van der Waals surface area contributed by atoms with Crippen molar-refractivity contribution in [1.82, 2.24) is 14.2 Å². The normalized spacial score (nSPS) is 22.7. The summed E-state index contributed by atoms with van der Waals surface area (Å²) in [6.45, 7) is 1.64. The van der Waals surface area contributed by atoms with Gasteiger partial charge in [-0.2, -0.15) is 4.31 Å². The molecule has 2 aliphatic heterocycles. The lowest BCUT2D eigenvalue weighted by Crippen LogP contribution is -2.42. The average Bonchev–Trinajstić information content (AvgIpc) is 3.26. The molecule has 0 radical (unpaired) electrons. The number of piperidine rings is 1. The molecule has 2 fully saturated rings. The summed E-state index contributed by atoms with van der Waals surface area (Å²) in [5.74, 6) is -1.86. The lowest BCUT2D eigenvalue weighted by Gasteiger charge is -2.29. The molecule has 1 atom stereocenters. The molecule has 132 valence electrons. The van der Waals surface area contributed by atoms with Crippen molar-refractivity contribution in [2.24, 2.45) is 5.92 Å². The molecule has 2 saturated heterocycles. The molecule has 0 bridgehead atoms. The van der Waals surface area contributed by atoms with E-state index in [0.29, 0.717) is 32.5 Å². The monoisotopic (exact) mass is 355 g/mol. The summed E-state index contributed by atoms with van der Waals surface area (Å²) in [5.41, 5.74) is 0.252. The third-order valence-corrected chi connectivity index (χ3v) is 6.49. The maximum atomic E-state index is 12.7. The van der Waals surface area contributed by atoms with Gasteiger partial charge in [0.15, 0.2) is 0 Å². The number of aromatic nitrogens is 1. The minimum Gasteiger partial charge on any atom is -0.481 e. The van der Waals surface area contributed by atoms with Crippen molar-refractivity contribution < 1.29 is 23.1 Å². The third-order valence-electron chi connectivity index (χ3n) is 4.65. The number of H-pyrrole nitrogens is 1. The zero-order valence-corrected chi connectivity index (χ0v) is 14.1. The van der Waals surface area contributed by atoms with Crippen LogP contribution in [0.1, 0.15) is 36.2 Å². The van der Waals surface area contributed by atoms with Gasteiger partial charge in [0.2, 0.25) is 10.0 Å². The van der Waals surface area contributed by atoms with Crippen molar-refractivity contribution in [1.29, 1.82) is 0 Å².